The van der Waals surface area contributed by atoms with Gasteiger partial charge in [0.15, 0.2) is 0 Å². The molecule has 0 saturated heterocycles. The molecule has 0 aliphatic carbocycles. The van der Waals surface area contributed by atoms with Crippen LogP contribution in [0.5, 0.6) is 5.75 Å². The largest absolute Gasteiger partial charge is 0.496 e. The van der Waals surface area contributed by atoms with Crippen LogP contribution in [0.4, 0.5) is 0 Å². The topological polar surface area (TPSA) is 34.1 Å². The standard InChI is InChI=1S/C15H18N2O/c1-12-6-5-8-14(17-12)11-16-10-13-7-3-4-9-15(13)18-2/h3-9,16H,10-11H2,1-2H3. The summed E-state index contributed by atoms with van der Waals surface area (Å²) in [4.78, 5) is 4.45. The molecule has 0 radical (unpaired) electrons. The van der Waals surface area contributed by atoms with Crippen LogP contribution in [0.2, 0.25) is 0 Å². The Labute approximate surface area is 108 Å². The highest BCUT2D eigenvalue weighted by Gasteiger charge is 2.01. The number of pyridine rings is 1. The number of rotatable bonds is 5. The van der Waals surface area contributed by atoms with Gasteiger partial charge in [-0.05, 0) is 25.1 Å². The van der Waals surface area contributed by atoms with Gasteiger partial charge in [0.2, 0.25) is 0 Å². The molecule has 0 bridgehead atoms. The van der Waals surface area contributed by atoms with E-state index in [1.165, 1.54) is 0 Å². The number of aromatic nitrogens is 1. The van der Waals surface area contributed by atoms with Gasteiger partial charge in [0.1, 0.15) is 5.75 Å². The number of nitrogens with one attached hydrogen (secondary N) is 1. The predicted octanol–water partition coefficient (Wildman–Crippen LogP) is 2.69. The van der Waals surface area contributed by atoms with Crippen LogP contribution in [0.15, 0.2) is 42.5 Å². The van der Waals surface area contributed by atoms with E-state index in [-0.39, 0.29) is 0 Å². The lowest BCUT2D eigenvalue weighted by molar-refractivity contribution is 0.407. The minimum absolute atomic E-state index is 0.764. The summed E-state index contributed by atoms with van der Waals surface area (Å²) in [5, 5.41) is 3.38. The van der Waals surface area contributed by atoms with Gasteiger partial charge in [0.05, 0.1) is 12.8 Å². The Bertz CT molecular complexity index is 511. The molecule has 0 amide bonds. The number of nitrogens with zero attached hydrogens (tertiary/aromatic N) is 1. The molecule has 0 unspecified atom stereocenters. The van der Waals surface area contributed by atoms with Gasteiger partial charge in [-0.2, -0.15) is 0 Å². The van der Waals surface area contributed by atoms with Crippen molar-refractivity contribution in [3.8, 4) is 5.75 Å². The molecule has 0 fully saturated rings. The first-order valence-corrected chi connectivity index (χ1v) is 6.05. The van der Waals surface area contributed by atoms with E-state index < -0.39 is 0 Å². The summed E-state index contributed by atoms with van der Waals surface area (Å²) < 4.78 is 5.31. The first-order valence-electron chi connectivity index (χ1n) is 6.05. The number of methoxy groups -OCH3 is 1. The summed E-state index contributed by atoms with van der Waals surface area (Å²) in [6.07, 6.45) is 0. The van der Waals surface area contributed by atoms with E-state index in [0.29, 0.717) is 0 Å². The predicted molar refractivity (Wildman–Crippen MR) is 72.5 cm³/mol. The molecule has 2 rings (SSSR count). The van der Waals surface area contributed by atoms with Crippen molar-refractivity contribution in [1.29, 1.82) is 0 Å². The zero-order valence-corrected chi connectivity index (χ0v) is 10.8. The van der Waals surface area contributed by atoms with Crippen molar-refractivity contribution >= 4 is 0 Å². The Morgan fingerprint density at radius 2 is 1.89 bits per heavy atom. The molecule has 3 heteroatoms. The van der Waals surface area contributed by atoms with Gasteiger partial charge in [-0.15, -0.1) is 0 Å². The van der Waals surface area contributed by atoms with Crippen LogP contribution in [-0.2, 0) is 13.1 Å². The quantitative estimate of drug-likeness (QED) is 0.875. The maximum absolute atomic E-state index is 5.31. The summed E-state index contributed by atoms with van der Waals surface area (Å²) in [7, 11) is 1.70. The molecule has 0 saturated carbocycles. The molecule has 0 aliphatic heterocycles. The summed E-state index contributed by atoms with van der Waals surface area (Å²) in [6, 6.07) is 14.1. The minimum Gasteiger partial charge on any atom is -0.496 e. The van der Waals surface area contributed by atoms with E-state index in [2.05, 4.69) is 16.4 Å². The molecular weight excluding hydrogens is 224 g/mol. The van der Waals surface area contributed by atoms with Crippen molar-refractivity contribution in [3.63, 3.8) is 0 Å². The fraction of sp³-hybridized carbons (Fsp3) is 0.267. The van der Waals surface area contributed by atoms with Crippen molar-refractivity contribution < 1.29 is 4.74 Å². The Balaban J connectivity index is 1.92. The van der Waals surface area contributed by atoms with Gasteiger partial charge in [-0.3, -0.25) is 4.98 Å². The van der Waals surface area contributed by atoms with Crippen molar-refractivity contribution in [1.82, 2.24) is 10.3 Å². The van der Waals surface area contributed by atoms with E-state index in [1.54, 1.807) is 7.11 Å². The summed E-state index contributed by atoms with van der Waals surface area (Å²) >= 11 is 0. The Hall–Kier alpha value is -1.87. The number of hydrogen-bond acceptors (Lipinski definition) is 3. The van der Waals surface area contributed by atoms with Crippen molar-refractivity contribution in [2.24, 2.45) is 0 Å². The normalized spacial score (nSPS) is 10.3. The van der Waals surface area contributed by atoms with Crippen molar-refractivity contribution in [2.75, 3.05) is 7.11 Å². The van der Waals surface area contributed by atoms with Crippen LogP contribution in [0.1, 0.15) is 17.0 Å². The van der Waals surface area contributed by atoms with E-state index in [9.17, 15) is 0 Å². The lowest BCUT2D eigenvalue weighted by atomic mass is 10.2. The van der Waals surface area contributed by atoms with Gasteiger partial charge < -0.3 is 10.1 Å². The third-order valence-electron chi connectivity index (χ3n) is 2.76. The van der Waals surface area contributed by atoms with E-state index in [1.807, 2.05) is 43.3 Å². The smallest absolute Gasteiger partial charge is 0.123 e. The maximum atomic E-state index is 5.31. The average Bonchev–Trinajstić information content (AvgIpc) is 2.39. The zero-order valence-electron chi connectivity index (χ0n) is 10.8. The fourth-order valence-corrected chi connectivity index (χ4v) is 1.87. The molecular formula is C15H18N2O. The number of benzene rings is 1. The minimum atomic E-state index is 0.764. The van der Waals surface area contributed by atoms with E-state index >= 15 is 0 Å². The van der Waals surface area contributed by atoms with Crippen LogP contribution in [0.25, 0.3) is 0 Å². The second-order valence-electron chi connectivity index (χ2n) is 4.19. The maximum Gasteiger partial charge on any atom is 0.123 e. The molecule has 18 heavy (non-hydrogen) atoms. The van der Waals surface area contributed by atoms with Crippen LogP contribution in [-0.4, -0.2) is 12.1 Å². The molecule has 2 aromatic rings. The van der Waals surface area contributed by atoms with Gasteiger partial charge in [0, 0.05) is 24.3 Å². The Morgan fingerprint density at radius 3 is 2.67 bits per heavy atom. The van der Waals surface area contributed by atoms with Crippen LogP contribution >= 0.6 is 0 Å². The number of para-hydroxylation sites is 1. The monoisotopic (exact) mass is 242 g/mol. The SMILES string of the molecule is COc1ccccc1CNCc1cccc(C)n1. The summed E-state index contributed by atoms with van der Waals surface area (Å²) in [5.41, 5.74) is 3.27. The van der Waals surface area contributed by atoms with Gasteiger partial charge in [0.25, 0.3) is 0 Å². The molecule has 1 N–H and O–H groups in total. The van der Waals surface area contributed by atoms with Crippen LogP contribution in [0.3, 0.4) is 0 Å². The van der Waals surface area contributed by atoms with Crippen LogP contribution < -0.4 is 10.1 Å². The van der Waals surface area contributed by atoms with Crippen molar-refractivity contribution in [2.45, 2.75) is 20.0 Å². The third-order valence-corrected chi connectivity index (χ3v) is 2.76. The molecule has 3 nitrogen and oxygen atoms in total. The first-order chi connectivity index (χ1) is 8.79. The number of aryl methyl sites for hydroxylation is 1. The second kappa shape index (κ2) is 6.17. The lowest BCUT2D eigenvalue weighted by Gasteiger charge is -2.09. The molecule has 0 spiro atoms. The molecule has 1 heterocycles. The zero-order chi connectivity index (χ0) is 12.8. The van der Waals surface area contributed by atoms with Crippen LogP contribution in [0, 0.1) is 6.92 Å². The van der Waals surface area contributed by atoms with Crippen molar-refractivity contribution in [3.05, 3.63) is 59.4 Å². The third kappa shape index (κ3) is 3.31. The molecule has 0 aliphatic rings. The van der Waals surface area contributed by atoms with Gasteiger partial charge in [-0.25, -0.2) is 0 Å². The molecule has 0 atom stereocenters. The highest BCUT2D eigenvalue weighted by atomic mass is 16.5. The fourth-order valence-electron chi connectivity index (χ4n) is 1.87. The Kier molecular flexibility index (Phi) is 4.31. The van der Waals surface area contributed by atoms with Gasteiger partial charge >= 0.3 is 0 Å². The summed E-state index contributed by atoms with van der Waals surface area (Å²) in [5.74, 6) is 0.919. The molecule has 94 valence electrons. The highest BCUT2D eigenvalue weighted by molar-refractivity contribution is 5.33. The van der Waals surface area contributed by atoms with E-state index in [0.717, 1.165) is 35.8 Å². The average molecular weight is 242 g/mol. The highest BCUT2D eigenvalue weighted by Crippen LogP contribution is 2.16. The molecule has 1 aromatic carbocycles. The summed E-state index contributed by atoms with van der Waals surface area (Å²) in [6.45, 7) is 3.54. The van der Waals surface area contributed by atoms with E-state index in [4.69, 9.17) is 4.74 Å². The number of ether oxygens (including phenoxy) is 1. The Morgan fingerprint density at radius 1 is 1.06 bits per heavy atom. The number of hydrogen-bond donors (Lipinski definition) is 1. The van der Waals surface area contributed by atoms with Gasteiger partial charge in [-0.1, -0.05) is 24.3 Å². The lowest BCUT2D eigenvalue weighted by Crippen LogP contribution is -2.14. The second-order valence-corrected chi connectivity index (χ2v) is 4.19. The first kappa shape index (κ1) is 12.6. The molecule has 1 aromatic heterocycles.